The molecule has 0 unspecified atom stereocenters. The van der Waals surface area contributed by atoms with Crippen LogP contribution in [0.5, 0.6) is 0 Å². The van der Waals surface area contributed by atoms with E-state index < -0.39 is 0 Å². The highest BCUT2D eigenvalue weighted by Crippen LogP contribution is 2.03. The summed E-state index contributed by atoms with van der Waals surface area (Å²) in [5, 5.41) is 11.7. The lowest BCUT2D eigenvalue weighted by atomic mass is 10.2. The van der Waals surface area contributed by atoms with Gasteiger partial charge in [-0.2, -0.15) is 0 Å². The van der Waals surface area contributed by atoms with Crippen molar-refractivity contribution in [3.8, 4) is 0 Å². The number of hydrogen-bond donors (Lipinski definition) is 1. The van der Waals surface area contributed by atoms with E-state index in [1.165, 1.54) is 5.56 Å². The molecule has 0 radical (unpaired) electrons. The van der Waals surface area contributed by atoms with Crippen LogP contribution in [0.3, 0.4) is 0 Å². The molecule has 0 atom stereocenters. The van der Waals surface area contributed by atoms with Crippen molar-refractivity contribution >= 4 is 0 Å². The van der Waals surface area contributed by atoms with Gasteiger partial charge in [0, 0.05) is 6.42 Å². The van der Waals surface area contributed by atoms with Crippen LogP contribution in [0.1, 0.15) is 17.8 Å². The number of aryl methyl sites for hydroxylation is 1. The Labute approximate surface area is 94.3 Å². The quantitative estimate of drug-likeness (QED) is 0.796. The first-order valence-corrected chi connectivity index (χ1v) is 5.39. The zero-order valence-corrected chi connectivity index (χ0v) is 9.08. The van der Waals surface area contributed by atoms with Gasteiger partial charge in [0.1, 0.15) is 0 Å². The Bertz CT molecular complexity index is 423. The number of rotatable bonds is 5. The molecular weight excluding hydrogens is 202 g/mol. The molecule has 0 bridgehead atoms. The van der Waals surface area contributed by atoms with E-state index in [1.807, 2.05) is 22.9 Å². The van der Waals surface area contributed by atoms with E-state index in [0.717, 1.165) is 18.7 Å². The third kappa shape index (κ3) is 2.64. The Hall–Kier alpha value is -1.75. The first-order chi connectivity index (χ1) is 7.90. The van der Waals surface area contributed by atoms with Crippen LogP contribution in [0.25, 0.3) is 0 Å². The summed E-state index contributed by atoms with van der Waals surface area (Å²) in [5.41, 5.74) is 6.67. The van der Waals surface area contributed by atoms with Crippen LogP contribution >= 0.6 is 0 Å². The molecule has 5 nitrogen and oxygen atoms in total. The molecule has 0 saturated heterocycles. The molecule has 0 fully saturated rings. The van der Waals surface area contributed by atoms with Crippen molar-refractivity contribution in [2.24, 2.45) is 5.73 Å². The maximum atomic E-state index is 5.47. The van der Waals surface area contributed by atoms with Gasteiger partial charge in [0.25, 0.3) is 0 Å². The second-order valence-corrected chi connectivity index (χ2v) is 3.63. The molecule has 0 aliphatic rings. The normalized spacial score (nSPS) is 10.6. The number of aromatic nitrogens is 4. The molecule has 1 heterocycles. The Kier molecular flexibility index (Phi) is 3.61. The summed E-state index contributed by atoms with van der Waals surface area (Å²) in [6, 6.07) is 10.2. The lowest BCUT2D eigenvalue weighted by Gasteiger charge is -2.03. The summed E-state index contributed by atoms with van der Waals surface area (Å²) in [6.07, 6.45) is 1.74. The Morgan fingerprint density at radius 2 is 2.00 bits per heavy atom. The van der Waals surface area contributed by atoms with Gasteiger partial charge in [0.05, 0.1) is 6.54 Å². The first-order valence-electron chi connectivity index (χ1n) is 5.39. The molecule has 0 saturated carbocycles. The minimum absolute atomic E-state index is 0.665. The maximum absolute atomic E-state index is 5.47. The highest BCUT2D eigenvalue weighted by atomic mass is 15.5. The van der Waals surface area contributed by atoms with E-state index >= 15 is 0 Å². The Morgan fingerprint density at radius 3 is 2.75 bits per heavy atom. The van der Waals surface area contributed by atoms with Crippen LogP contribution in [-0.4, -0.2) is 26.8 Å². The van der Waals surface area contributed by atoms with Crippen LogP contribution in [-0.2, 0) is 13.0 Å². The average Bonchev–Trinajstić information content (AvgIpc) is 2.75. The zero-order valence-electron chi connectivity index (χ0n) is 9.08. The summed E-state index contributed by atoms with van der Waals surface area (Å²) in [6.45, 7) is 1.38. The molecule has 2 rings (SSSR count). The van der Waals surface area contributed by atoms with Crippen LogP contribution in [0.15, 0.2) is 30.3 Å². The largest absolute Gasteiger partial charge is 0.330 e. The number of nitrogens with zero attached hydrogens (tertiary/aromatic N) is 4. The molecule has 16 heavy (non-hydrogen) atoms. The fraction of sp³-hybridized carbons (Fsp3) is 0.364. The number of nitrogens with two attached hydrogens (primary N) is 1. The minimum Gasteiger partial charge on any atom is -0.330 e. The van der Waals surface area contributed by atoms with Crippen molar-refractivity contribution in [1.82, 2.24) is 20.2 Å². The highest BCUT2D eigenvalue weighted by Gasteiger charge is 2.05. The predicted molar refractivity (Wildman–Crippen MR) is 60.7 cm³/mol. The van der Waals surface area contributed by atoms with E-state index in [0.29, 0.717) is 13.1 Å². The smallest absolute Gasteiger partial charge is 0.151 e. The highest BCUT2D eigenvalue weighted by molar-refractivity contribution is 5.14. The van der Waals surface area contributed by atoms with E-state index in [-0.39, 0.29) is 0 Å². The SMILES string of the molecule is NCCCc1nnnn1Cc1ccccc1. The number of benzene rings is 1. The van der Waals surface area contributed by atoms with E-state index in [4.69, 9.17) is 5.73 Å². The van der Waals surface area contributed by atoms with Crippen LogP contribution in [0.4, 0.5) is 0 Å². The van der Waals surface area contributed by atoms with Gasteiger partial charge in [0.15, 0.2) is 5.82 Å². The van der Waals surface area contributed by atoms with Gasteiger partial charge in [-0.15, -0.1) is 5.10 Å². The second-order valence-electron chi connectivity index (χ2n) is 3.63. The fourth-order valence-electron chi connectivity index (χ4n) is 1.54. The van der Waals surface area contributed by atoms with Crippen molar-refractivity contribution in [2.45, 2.75) is 19.4 Å². The molecular formula is C11H15N5. The summed E-state index contributed by atoms with van der Waals surface area (Å²) in [4.78, 5) is 0. The summed E-state index contributed by atoms with van der Waals surface area (Å²) in [5.74, 6) is 0.898. The van der Waals surface area contributed by atoms with Crippen LogP contribution < -0.4 is 5.73 Å². The molecule has 0 aliphatic heterocycles. The van der Waals surface area contributed by atoms with E-state index in [1.54, 1.807) is 0 Å². The van der Waals surface area contributed by atoms with E-state index in [9.17, 15) is 0 Å². The molecule has 1 aromatic heterocycles. The van der Waals surface area contributed by atoms with Gasteiger partial charge in [0.2, 0.25) is 0 Å². The Balaban J connectivity index is 2.07. The average molecular weight is 217 g/mol. The van der Waals surface area contributed by atoms with Gasteiger partial charge in [-0.1, -0.05) is 30.3 Å². The first kappa shape index (κ1) is 10.8. The monoisotopic (exact) mass is 217 g/mol. The molecule has 0 aliphatic carbocycles. The molecule has 0 amide bonds. The fourth-order valence-corrected chi connectivity index (χ4v) is 1.54. The van der Waals surface area contributed by atoms with Crippen molar-refractivity contribution in [2.75, 3.05) is 6.54 Å². The Morgan fingerprint density at radius 1 is 1.19 bits per heavy atom. The predicted octanol–water partition coefficient (Wildman–Crippen LogP) is 0.613. The lowest BCUT2D eigenvalue weighted by Crippen LogP contribution is -2.09. The number of hydrogen-bond acceptors (Lipinski definition) is 4. The standard InChI is InChI=1S/C11H15N5/c12-8-4-7-11-13-14-15-16(11)9-10-5-2-1-3-6-10/h1-3,5-6H,4,7-9,12H2. The molecule has 5 heteroatoms. The van der Waals surface area contributed by atoms with Crippen molar-refractivity contribution in [3.63, 3.8) is 0 Å². The lowest BCUT2D eigenvalue weighted by molar-refractivity contribution is 0.609. The molecule has 84 valence electrons. The summed E-state index contributed by atoms with van der Waals surface area (Å²) >= 11 is 0. The molecule has 2 aromatic rings. The zero-order chi connectivity index (χ0) is 11.2. The van der Waals surface area contributed by atoms with E-state index in [2.05, 4.69) is 27.7 Å². The van der Waals surface area contributed by atoms with Gasteiger partial charge in [-0.25, -0.2) is 4.68 Å². The third-order valence-corrected chi connectivity index (χ3v) is 2.39. The molecule has 2 N–H and O–H groups in total. The van der Waals surface area contributed by atoms with Gasteiger partial charge in [-0.3, -0.25) is 0 Å². The summed E-state index contributed by atoms with van der Waals surface area (Å²) in [7, 11) is 0. The van der Waals surface area contributed by atoms with Gasteiger partial charge in [-0.05, 0) is 29.0 Å². The van der Waals surface area contributed by atoms with Crippen LogP contribution in [0, 0.1) is 0 Å². The molecule has 0 spiro atoms. The minimum atomic E-state index is 0.665. The van der Waals surface area contributed by atoms with Gasteiger partial charge >= 0.3 is 0 Å². The topological polar surface area (TPSA) is 69.6 Å². The second kappa shape index (κ2) is 5.37. The van der Waals surface area contributed by atoms with Crippen molar-refractivity contribution < 1.29 is 0 Å². The maximum Gasteiger partial charge on any atom is 0.151 e. The third-order valence-electron chi connectivity index (χ3n) is 2.39. The summed E-state index contributed by atoms with van der Waals surface area (Å²) < 4.78 is 1.82. The van der Waals surface area contributed by atoms with Crippen molar-refractivity contribution in [3.05, 3.63) is 41.7 Å². The van der Waals surface area contributed by atoms with Crippen LogP contribution in [0.2, 0.25) is 0 Å². The van der Waals surface area contributed by atoms with Gasteiger partial charge < -0.3 is 5.73 Å². The molecule has 1 aromatic carbocycles. The van der Waals surface area contributed by atoms with Crippen molar-refractivity contribution in [1.29, 1.82) is 0 Å². The number of tetrazole rings is 1.